The van der Waals surface area contributed by atoms with E-state index in [1.54, 1.807) is 19.2 Å². The van der Waals surface area contributed by atoms with Gasteiger partial charge in [0, 0.05) is 0 Å². The summed E-state index contributed by atoms with van der Waals surface area (Å²) in [4.78, 5) is 11.4. The van der Waals surface area contributed by atoms with Crippen LogP contribution in [0.3, 0.4) is 0 Å². The second-order valence-corrected chi connectivity index (χ2v) is 12.5. The average molecular weight is 518 g/mol. The molecule has 1 N–H and O–H groups in total. The van der Waals surface area contributed by atoms with Crippen molar-refractivity contribution in [1.29, 1.82) is 0 Å². The summed E-state index contributed by atoms with van der Waals surface area (Å²) in [6.45, 7) is 6.85. The SMILES string of the molecule is CO[C@H](c1ccccc1[N+](=O)[O-])[C@@H]([Se]c1ccccc1)[C@H]1NC(C)(C)[C@@H]2CC[C@@H](C)C[C@H]2O1. The van der Waals surface area contributed by atoms with E-state index in [4.69, 9.17) is 9.47 Å². The molecule has 1 heterocycles. The summed E-state index contributed by atoms with van der Waals surface area (Å²) >= 11 is -0.0352. The van der Waals surface area contributed by atoms with Crippen LogP contribution in [-0.2, 0) is 9.47 Å². The molecule has 2 fully saturated rings. The molecule has 33 heavy (non-hydrogen) atoms. The Morgan fingerprint density at radius 2 is 1.85 bits per heavy atom. The van der Waals surface area contributed by atoms with Crippen molar-refractivity contribution in [3.63, 3.8) is 0 Å². The molecule has 4 rings (SSSR count). The number of rotatable bonds is 7. The van der Waals surface area contributed by atoms with Crippen LogP contribution >= 0.6 is 0 Å². The van der Waals surface area contributed by atoms with Crippen LogP contribution in [0.2, 0.25) is 4.82 Å². The summed E-state index contributed by atoms with van der Waals surface area (Å²) in [7, 11) is 1.65. The quantitative estimate of drug-likeness (QED) is 0.330. The second-order valence-electron chi connectivity index (χ2n) is 9.85. The summed E-state index contributed by atoms with van der Waals surface area (Å²) in [5.41, 5.74) is 0.618. The number of methoxy groups -OCH3 is 1. The number of para-hydroxylation sites is 1. The first-order chi connectivity index (χ1) is 15.8. The van der Waals surface area contributed by atoms with Crippen LogP contribution in [0.15, 0.2) is 54.6 Å². The molecule has 7 heteroatoms. The topological polar surface area (TPSA) is 73.6 Å². The van der Waals surface area contributed by atoms with Gasteiger partial charge in [-0.1, -0.05) is 0 Å². The molecule has 1 aliphatic carbocycles. The van der Waals surface area contributed by atoms with Crippen LogP contribution in [0.1, 0.15) is 51.7 Å². The Hall–Kier alpha value is -1.76. The van der Waals surface area contributed by atoms with Crippen LogP contribution in [0, 0.1) is 22.0 Å². The molecule has 2 aromatic rings. The Morgan fingerprint density at radius 1 is 1.15 bits per heavy atom. The van der Waals surface area contributed by atoms with Crippen molar-refractivity contribution in [3.05, 3.63) is 70.3 Å². The number of nitro benzene ring substituents is 1. The number of ether oxygens (including phenoxy) is 2. The Morgan fingerprint density at radius 3 is 2.55 bits per heavy atom. The zero-order valence-electron chi connectivity index (χ0n) is 19.8. The van der Waals surface area contributed by atoms with Gasteiger partial charge >= 0.3 is 203 Å². The molecule has 0 amide bonds. The number of hydrogen-bond acceptors (Lipinski definition) is 5. The van der Waals surface area contributed by atoms with Crippen molar-refractivity contribution in [2.75, 3.05) is 7.11 Å². The zero-order valence-corrected chi connectivity index (χ0v) is 21.5. The van der Waals surface area contributed by atoms with Gasteiger partial charge < -0.3 is 0 Å². The van der Waals surface area contributed by atoms with Crippen molar-refractivity contribution in [3.8, 4) is 0 Å². The van der Waals surface area contributed by atoms with E-state index < -0.39 is 6.10 Å². The predicted octanol–water partition coefficient (Wildman–Crippen LogP) is 4.63. The number of benzene rings is 2. The van der Waals surface area contributed by atoms with Crippen molar-refractivity contribution in [2.24, 2.45) is 11.8 Å². The number of hydrogen-bond donors (Lipinski definition) is 1. The van der Waals surface area contributed by atoms with Gasteiger partial charge in [-0.05, 0) is 0 Å². The number of fused-ring (bicyclic) bond motifs is 1. The van der Waals surface area contributed by atoms with Gasteiger partial charge in [0.1, 0.15) is 0 Å². The van der Waals surface area contributed by atoms with Gasteiger partial charge in [-0.25, -0.2) is 0 Å². The van der Waals surface area contributed by atoms with Gasteiger partial charge in [0.15, 0.2) is 0 Å². The molecule has 2 aromatic carbocycles. The van der Waals surface area contributed by atoms with E-state index >= 15 is 0 Å². The zero-order chi connectivity index (χ0) is 23.6. The minimum absolute atomic E-state index is 0.0352. The molecular weight excluding hydrogens is 483 g/mol. The van der Waals surface area contributed by atoms with Crippen LogP contribution in [0.25, 0.3) is 0 Å². The maximum atomic E-state index is 11.8. The molecule has 1 saturated heterocycles. The van der Waals surface area contributed by atoms with Crippen LogP contribution in [0.5, 0.6) is 0 Å². The van der Waals surface area contributed by atoms with E-state index in [2.05, 4.69) is 38.2 Å². The third kappa shape index (κ3) is 5.33. The Labute approximate surface area is 202 Å². The van der Waals surface area contributed by atoms with Gasteiger partial charge in [-0.3, -0.25) is 0 Å². The normalized spacial score (nSPS) is 28.5. The minimum atomic E-state index is -0.460. The first-order valence-corrected chi connectivity index (χ1v) is 13.6. The van der Waals surface area contributed by atoms with Crippen LogP contribution < -0.4 is 9.78 Å². The monoisotopic (exact) mass is 518 g/mol. The van der Waals surface area contributed by atoms with E-state index in [0.717, 1.165) is 12.8 Å². The fourth-order valence-electron chi connectivity index (χ4n) is 5.43. The Balaban J connectivity index is 1.72. The Bertz CT molecular complexity index is 954. The standard InChI is InChI=1S/C26H34N2O4Se/c1-17-14-15-20-22(16-17)32-25(27-26(20,2)3)24(33-18-10-6-5-7-11-18)23(31-4)19-12-8-9-13-21(19)28(29)30/h5-13,17,20,22-25,27H,14-16H2,1-4H3/t17-,20-,22-,23-,24-,25+/m1/s1. The molecule has 1 aliphatic heterocycles. The summed E-state index contributed by atoms with van der Waals surface area (Å²) in [5, 5.41) is 15.6. The second kappa shape index (κ2) is 10.2. The Kier molecular flexibility index (Phi) is 7.56. The van der Waals surface area contributed by atoms with Crippen molar-refractivity contribution in [1.82, 2.24) is 5.32 Å². The van der Waals surface area contributed by atoms with E-state index in [1.807, 2.05) is 30.3 Å². The van der Waals surface area contributed by atoms with E-state index in [-0.39, 0.29) is 48.3 Å². The number of nitrogens with zero attached hydrogens (tertiary/aromatic N) is 1. The van der Waals surface area contributed by atoms with Crippen molar-refractivity contribution in [2.45, 2.75) is 68.8 Å². The number of nitro groups is 1. The fraction of sp³-hybridized carbons (Fsp3) is 0.538. The molecule has 178 valence electrons. The molecule has 0 radical (unpaired) electrons. The van der Waals surface area contributed by atoms with Gasteiger partial charge in [-0.2, -0.15) is 0 Å². The first kappa shape index (κ1) is 24.4. The van der Waals surface area contributed by atoms with Crippen molar-refractivity contribution < 1.29 is 14.4 Å². The van der Waals surface area contributed by atoms with Crippen LogP contribution in [-0.4, -0.2) is 44.9 Å². The van der Waals surface area contributed by atoms with Crippen LogP contribution in [0.4, 0.5) is 5.69 Å². The summed E-state index contributed by atoms with van der Waals surface area (Å²) < 4.78 is 14.0. The van der Waals surface area contributed by atoms with E-state index in [1.165, 1.54) is 10.9 Å². The fourth-order valence-corrected chi connectivity index (χ4v) is 8.09. The molecule has 0 aromatic heterocycles. The molecule has 6 nitrogen and oxygen atoms in total. The van der Waals surface area contributed by atoms with Gasteiger partial charge in [0.2, 0.25) is 0 Å². The molecule has 0 bridgehead atoms. The summed E-state index contributed by atoms with van der Waals surface area (Å²) in [6, 6.07) is 17.3. The van der Waals surface area contributed by atoms with E-state index in [9.17, 15) is 10.1 Å². The predicted molar refractivity (Wildman–Crippen MR) is 131 cm³/mol. The molecule has 1 saturated carbocycles. The first-order valence-electron chi connectivity index (χ1n) is 11.7. The average Bonchev–Trinajstić information content (AvgIpc) is 2.79. The molecule has 2 aliphatic rings. The van der Waals surface area contributed by atoms with Crippen molar-refractivity contribution >= 4 is 25.1 Å². The molecular formula is C26H34N2O4Se. The van der Waals surface area contributed by atoms with E-state index in [0.29, 0.717) is 17.4 Å². The summed E-state index contributed by atoms with van der Waals surface area (Å²) in [5.74, 6) is 1.11. The van der Waals surface area contributed by atoms with Gasteiger partial charge in [-0.15, -0.1) is 0 Å². The molecule has 0 unspecified atom stereocenters. The molecule has 6 atom stereocenters. The maximum absolute atomic E-state index is 11.8. The third-order valence-electron chi connectivity index (χ3n) is 7.12. The van der Waals surface area contributed by atoms with Gasteiger partial charge in [0.05, 0.1) is 0 Å². The third-order valence-corrected chi connectivity index (χ3v) is 9.87. The summed E-state index contributed by atoms with van der Waals surface area (Å²) in [6.07, 6.45) is 2.92. The molecule has 0 spiro atoms. The number of nitrogens with one attached hydrogen (secondary N) is 1. The van der Waals surface area contributed by atoms with Gasteiger partial charge in [0.25, 0.3) is 0 Å².